The zero-order valence-corrected chi connectivity index (χ0v) is 19.1. The van der Waals surface area contributed by atoms with Gasteiger partial charge in [0, 0.05) is 36.6 Å². The molecule has 7 nitrogen and oxygen atoms in total. The molecule has 0 atom stereocenters. The van der Waals surface area contributed by atoms with Crippen LogP contribution in [0, 0.1) is 0 Å². The maximum Gasteiger partial charge on any atom is 0.246 e. The van der Waals surface area contributed by atoms with Crippen LogP contribution in [0.3, 0.4) is 0 Å². The summed E-state index contributed by atoms with van der Waals surface area (Å²) in [5.74, 6) is 0.703. The number of nitrogens with zero attached hydrogens (tertiary/aromatic N) is 3. The van der Waals surface area contributed by atoms with Crippen LogP contribution in [0.15, 0.2) is 78.0 Å². The Balaban J connectivity index is 1.36. The number of amides is 1. The van der Waals surface area contributed by atoms with Gasteiger partial charge < -0.3 is 16.0 Å². The third-order valence-corrected chi connectivity index (χ3v) is 6.13. The number of carbonyl (C=O) groups excluding carboxylic acids is 1. The minimum Gasteiger partial charge on any atom is -0.357 e. The van der Waals surface area contributed by atoms with Gasteiger partial charge in [-0.2, -0.15) is 5.10 Å². The fourth-order valence-corrected chi connectivity index (χ4v) is 4.22. The number of hydrogen-bond donors (Lipinski definition) is 3. The second-order valence-electron chi connectivity index (χ2n) is 8.50. The van der Waals surface area contributed by atoms with Gasteiger partial charge in [-0.05, 0) is 49.1 Å². The molecule has 0 aliphatic heterocycles. The van der Waals surface area contributed by atoms with Crippen molar-refractivity contribution in [2.75, 3.05) is 18.4 Å². The van der Waals surface area contributed by atoms with Crippen molar-refractivity contribution < 1.29 is 4.79 Å². The third-order valence-electron chi connectivity index (χ3n) is 6.13. The molecule has 1 aliphatic carbocycles. The van der Waals surface area contributed by atoms with Crippen LogP contribution >= 0.6 is 0 Å². The average Bonchev–Trinajstić information content (AvgIpc) is 3.30. The van der Waals surface area contributed by atoms with E-state index >= 15 is 0 Å². The smallest absolute Gasteiger partial charge is 0.246 e. The Morgan fingerprint density at radius 2 is 1.94 bits per heavy atom. The molecule has 33 heavy (non-hydrogen) atoms. The molecule has 0 radical (unpaired) electrons. The molecule has 0 spiro atoms. The molecule has 7 heteroatoms. The SMILES string of the molecule is CCNC(=NCc1cccc(NC(=O)Cn2cccn2)c1)NCC1(c2ccccc2)CCC1. The lowest BCUT2D eigenvalue weighted by atomic mass is 9.64. The third kappa shape index (κ3) is 6.00. The van der Waals surface area contributed by atoms with E-state index in [1.807, 2.05) is 24.3 Å². The lowest BCUT2D eigenvalue weighted by molar-refractivity contribution is -0.116. The lowest BCUT2D eigenvalue weighted by Gasteiger charge is -2.43. The van der Waals surface area contributed by atoms with Gasteiger partial charge in [0.15, 0.2) is 5.96 Å². The van der Waals surface area contributed by atoms with E-state index in [1.54, 1.807) is 23.1 Å². The van der Waals surface area contributed by atoms with Crippen molar-refractivity contribution >= 4 is 17.6 Å². The summed E-state index contributed by atoms with van der Waals surface area (Å²) in [6.07, 6.45) is 7.09. The number of anilines is 1. The fourth-order valence-electron chi connectivity index (χ4n) is 4.22. The van der Waals surface area contributed by atoms with Gasteiger partial charge in [0.25, 0.3) is 0 Å². The number of guanidine groups is 1. The first-order valence-electron chi connectivity index (χ1n) is 11.6. The van der Waals surface area contributed by atoms with Gasteiger partial charge in [0.05, 0.1) is 6.54 Å². The quantitative estimate of drug-likeness (QED) is 0.347. The molecule has 1 aromatic heterocycles. The van der Waals surface area contributed by atoms with Crippen molar-refractivity contribution in [3.63, 3.8) is 0 Å². The van der Waals surface area contributed by atoms with Gasteiger partial charge >= 0.3 is 0 Å². The standard InChI is InChI=1S/C26H32N6O/c1-2-27-25(29-20-26(13-7-14-26)22-10-4-3-5-11-22)28-18-21-9-6-12-23(17-21)31-24(33)19-32-16-8-15-30-32/h3-6,8-12,15-17H,2,7,13-14,18-20H2,1H3,(H,31,33)(H2,27,28,29). The predicted octanol–water partition coefficient (Wildman–Crippen LogP) is 3.70. The Labute approximate surface area is 195 Å². The highest BCUT2D eigenvalue weighted by molar-refractivity contribution is 5.90. The number of aliphatic imine (C=N–C) groups is 1. The highest BCUT2D eigenvalue weighted by Gasteiger charge is 2.38. The summed E-state index contributed by atoms with van der Waals surface area (Å²) in [5.41, 5.74) is 3.38. The minimum absolute atomic E-state index is 0.110. The van der Waals surface area contributed by atoms with Gasteiger partial charge in [-0.25, -0.2) is 4.99 Å². The van der Waals surface area contributed by atoms with Crippen molar-refractivity contribution in [1.29, 1.82) is 0 Å². The van der Waals surface area contributed by atoms with Gasteiger partial charge in [-0.15, -0.1) is 0 Å². The molecular weight excluding hydrogens is 412 g/mol. The van der Waals surface area contributed by atoms with Crippen LogP contribution in [-0.4, -0.2) is 34.7 Å². The molecule has 172 valence electrons. The van der Waals surface area contributed by atoms with Crippen molar-refractivity contribution in [1.82, 2.24) is 20.4 Å². The minimum atomic E-state index is -0.110. The van der Waals surface area contributed by atoms with E-state index < -0.39 is 0 Å². The summed E-state index contributed by atoms with van der Waals surface area (Å²) in [4.78, 5) is 17.0. The highest BCUT2D eigenvalue weighted by atomic mass is 16.2. The zero-order valence-electron chi connectivity index (χ0n) is 19.1. The Morgan fingerprint density at radius 3 is 2.64 bits per heavy atom. The Hall–Kier alpha value is -3.61. The van der Waals surface area contributed by atoms with E-state index in [9.17, 15) is 4.79 Å². The summed E-state index contributed by atoms with van der Waals surface area (Å²) in [7, 11) is 0. The Bertz CT molecular complexity index is 1060. The number of nitrogens with one attached hydrogen (secondary N) is 3. The molecule has 2 aromatic carbocycles. The first-order chi connectivity index (χ1) is 16.2. The molecule has 1 aliphatic rings. The number of benzene rings is 2. The van der Waals surface area contributed by atoms with Gasteiger partial charge in [0.2, 0.25) is 5.91 Å². The largest absolute Gasteiger partial charge is 0.357 e. The van der Waals surface area contributed by atoms with E-state index in [1.165, 1.54) is 24.8 Å². The number of hydrogen-bond acceptors (Lipinski definition) is 3. The maximum absolute atomic E-state index is 12.3. The van der Waals surface area contributed by atoms with Crippen molar-refractivity contribution in [3.8, 4) is 0 Å². The molecule has 1 amide bonds. The average molecular weight is 445 g/mol. The monoisotopic (exact) mass is 444 g/mol. The van der Waals surface area contributed by atoms with E-state index in [0.717, 1.165) is 30.3 Å². The van der Waals surface area contributed by atoms with Crippen LogP contribution in [0.1, 0.15) is 37.3 Å². The second kappa shape index (κ2) is 10.8. The normalized spacial score (nSPS) is 14.9. The fraction of sp³-hybridized carbons (Fsp3) is 0.346. The van der Waals surface area contributed by atoms with Crippen LogP contribution < -0.4 is 16.0 Å². The number of aromatic nitrogens is 2. The van der Waals surface area contributed by atoms with Crippen LogP contribution in [0.5, 0.6) is 0 Å². The summed E-state index contributed by atoms with van der Waals surface area (Å²) >= 11 is 0. The first-order valence-corrected chi connectivity index (χ1v) is 11.6. The van der Waals surface area contributed by atoms with Gasteiger partial charge in [-0.1, -0.05) is 48.9 Å². The lowest BCUT2D eigenvalue weighted by Crippen LogP contribution is -2.48. The molecule has 0 saturated heterocycles. The summed E-state index contributed by atoms with van der Waals surface area (Å²) in [6.45, 7) is 4.45. The van der Waals surface area contributed by atoms with Crippen LogP contribution in [0.25, 0.3) is 0 Å². The van der Waals surface area contributed by atoms with Gasteiger partial charge in [-0.3, -0.25) is 9.48 Å². The first kappa shape index (κ1) is 22.6. The molecule has 1 heterocycles. The van der Waals surface area contributed by atoms with Crippen molar-refractivity contribution in [3.05, 3.63) is 84.2 Å². The molecule has 0 unspecified atom stereocenters. The van der Waals surface area contributed by atoms with Crippen molar-refractivity contribution in [2.24, 2.45) is 4.99 Å². The van der Waals surface area contributed by atoms with E-state index in [4.69, 9.17) is 4.99 Å². The van der Waals surface area contributed by atoms with Gasteiger partial charge in [0.1, 0.15) is 6.54 Å². The molecule has 0 bridgehead atoms. The summed E-state index contributed by atoms with van der Waals surface area (Å²) in [5, 5.41) is 13.9. The van der Waals surface area contributed by atoms with Crippen LogP contribution in [-0.2, 0) is 23.3 Å². The molecule has 1 fully saturated rings. The zero-order chi connectivity index (χ0) is 22.9. The van der Waals surface area contributed by atoms with Crippen LogP contribution in [0.2, 0.25) is 0 Å². The maximum atomic E-state index is 12.3. The number of carbonyl (C=O) groups is 1. The molecule has 3 N–H and O–H groups in total. The van der Waals surface area contributed by atoms with E-state index in [0.29, 0.717) is 6.54 Å². The Kier molecular flexibility index (Phi) is 7.40. The summed E-state index contributed by atoms with van der Waals surface area (Å²) in [6, 6.07) is 20.4. The molecular formula is C26H32N6O. The highest BCUT2D eigenvalue weighted by Crippen LogP contribution is 2.43. The molecule has 1 saturated carbocycles. The van der Waals surface area contributed by atoms with Crippen molar-refractivity contribution in [2.45, 2.75) is 44.7 Å². The van der Waals surface area contributed by atoms with Crippen LogP contribution in [0.4, 0.5) is 5.69 Å². The van der Waals surface area contributed by atoms with E-state index in [2.05, 4.69) is 58.3 Å². The second-order valence-corrected chi connectivity index (χ2v) is 8.50. The number of rotatable bonds is 9. The Morgan fingerprint density at radius 1 is 1.09 bits per heavy atom. The molecule has 4 rings (SSSR count). The predicted molar refractivity (Wildman–Crippen MR) is 132 cm³/mol. The topological polar surface area (TPSA) is 83.3 Å². The van der Waals surface area contributed by atoms with E-state index in [-0.39, 0.29) is 17.9 Å². The summed E-state index contributed by atoms with van der Waals surface area (Å²) < 4.78 is 1.60. The molecule has 3 aromatic rings.